The molecule has 0 unspecified atom stereocenters. The molecule has 1 aliphatic heterocycles. The van der Waals surface area contributed by atoms with E-state index in [1.165, 1.54) is 11.3 Å². The Morgan fingerprint density at radius 3 is 2.34 bits per heavy atom. The van der Waals surface area contributed by atoms with Gasteiger partial charge in [0.25, 0.3) is 0 Å². The van der Waals surface area contributed by atoms with Gasteiger partial charge in [0.15, 0.2) is 0 Å². The molecule has 5 nitrogen and oxygen atoms in total. The predicted octanol–water partition coefficient (Wildman–Crippen LogP) is 4.07. The number of carbonyl (C=O) groups excluding carboxylic acids is 1. The number of amides is 2. The lowest BCUT2D eigenvalue weighted by atomic mass is 9.87. The second-order valence-corrected chi connectivity index (χ2v) is 8.60. The molecule has 0 saturated carbocycles. The van der Waals surface area contributed by atoms with Gasteiger partial charge in [-0.3, -0.25) is 0 Å². The third kappa shape index (κ3) is 5.66. The molecular formula is C24H33N3O2. The molecule has 0 atom stereocenters. The van der Waals surface area contributed by atoms with E-state index >= 15 is 0 Å². The summed E-state index contributed by atoms with van der Waals surface area (Å²) < 4.78 is 5.25. The number of benzene rings is 2. The second-order valence-electron chi connectivity index (χ2n) is 8.60. The Morgan fingerprint density at radius 1 is 1.03 bits per heavy atom. The van der Waals surface area contributed by atoms with Gasteiger partial charge in [0.2, 0.25) is 0 Å². The Bertz CT molecular complexity index is 804. The highest BCUT2D eigenvalue weighted by Crippen LogP contribution is 2.25. The molecule has 5 heteroatoms. The van der Waals surface area contributed by atoms with E-state index in [9.17, 15) is 4.79 Å². The van der Waals surface area contributed by atoms with E-state index in [1.54, 1.807) is 7.11 Å². The molecule has 0 aliphatic carbocycles. The van der Waals surface area contributed by atoms with Crippen LogP contribution in [0.2, 0.25) is 0 Å². The monoisotopic (exact) mass is 395 g/mol. The van der Waals surface area contributed by atoms with Crippen molar-refractivity contribution in [2.75, 3.05) is 44.7 Å². The summed E-state index contributed by atoms with van der Waals surface area (Å²) in [4.78, 5) is 16.7. The maximum Gasteiger partial charge on any atom is 0.317 e. The highest BCUT2D eigenvalue weighted by molar-refractivity contribution is 5.74. The fourth-order valence-electron chi connectivity index (χ4n) is 3.59. The maximum absolute atomic E-state index is 12.5. The molecule has 2 aromatic carbocycles. The van der Waals surface area contributed by atoms with E-state index in [2.05, 4.69) is 61.3 Å². The zero-order valence-electron chi connectivity index (χ0n) is 18.1. The van der Waals surface area contributed by atoms with Gasteiger partial charge in [0, 0.05) is 38.4 Å². The van der Waals surface area contributed by atoms with Crippen LogP contribution >= 0.6 is 0 Å². The molecule has 0 radical (unpaired) electrons. The summed E-state index contributed by atoms with van der Waals surface area (Å²) in [7, 11) is 1.67. The standard InChI is InChI=1S/C24H33N3O2/c1-24(2,3)20-8-10-21(11-9-20)26-14-16-27(17-15-26)23(28)25-13-12-19-6-5-7-22(18-19)29-4/h5-11,18H,12-17H2,1-4H3,(H,25,28). The largest absolute Gasteiger partial charge is 0.497 e. The first kappa shape index (κ1) is 21.0. The Kier molecular flexibility index (Phi) is 6.68. The van der Waals surface area contributed by atoms with Crippen LogP contribution in [0, 0.1) is 0 Å². The maximum atomic E-state index is 12.5. The minimum atomic E-state index is 0.0237. The van der Waals surface area contributed by atoms with Crippen molar-refractivity contribution in [2.45, 2.75) is 32.6 Å². The highest BCUT2D eigenvalue weighted by Gasteiger charge is 2.21. The van der Waals surface area contributed by atoms with Crippen molar-refractivity contribution < 1.29 is 9.53 Å². The van der Waals surface area contributed by atoms with Crippen LogP contribution in [0.1, 0.15) is 31.9 Å². The van der Waals surface area contributed by atoms with Crippen molar-refractivity contribution in [3.63, 3.8) is 0 Å². The van der Waals surface area contributed by atoms with Gasteiger partial charge in [-0.15, -0.1) is 0 Å². The third-order valence-corrected chi connectivity index (χ3v) is 5.49. The number of rotatable bonds is 5. The molecule has 2 aromatic rings. The first-order chi connectivity index (χ1) is 13.9. The van der Waals surface area contributed by atoms with Gasteiger partial charge in [0.1, 0.15) is 5.75 Å². The van der Waals surface area contributed by atoms with Crippen molar-refractivity contribution in [1.82, 2.24) is 10.2 Å². The molecule has 156 valence electrons. The zero-order valence-corrected chi connectivity index (χ0v) is 18.1. The van der Waals surface area contributed by atoms with Gasteiger partial charge in [0.05, 0.1) is 7.11 Å². The fourth-order valence-corrected chi connectivity index (χ4v) is 3.59. The molecule has 0 bridgehead atoms. The second kappa shape index (κ2) is 9.21. The van der Waals surface area contributed by atoms with Gasteiger partial charge in [-0.05, 0) is 47.2 Å². The number of hydrogen-bond donors (Lipinski definition) is 1. The summed E-state index contributed by atoms with van der Waals surface area (Å²) in [5, 5.41) is 3.04. The van der Waals surface area contributed by atoms with E-state index < -0.39 is 0 Å². The van der Waals surface area contributed by atoms with E-state index in [0.717, 1.165) is 43.9 Å². The number of piperazine rings is 1. The summed E-state index contributed by atoms with van der Waals surface area (Å²) in [6.07, 6.45) is 0.795. The third-order valence-electron chi connectivity index (χ3n) is 5.49. The van der Waals surface area contributed by atoms with Crippen LogP contribution in [0.5, 0.6) is 5.75 Å². The van der Waals surface area contributed by atoms with Gasteiger partial charge in [-0.2, -0.15) is 0 Å². The number of anilines is 1. The SMILES string of the molecule is COc1cccc(CCNC(=O)N2CCN(c3ccc(C(C)(C)C)cc3)CC2)c1. The molecule has 0 spiro atoms. The molecule has 1 saturated heterocycles. The smallest absolute Gasteiger partial charge is 0.317 e. The van der Waals surface area contributed by atoms with Crippen molar-refractivity contribution >= 4 is 11.7 Å². The predicted molar refractivity (Wildman–Crippen MR) is 119 cm³/mol. The van der Waals surface area contributed by atoms with E-state index in [0.29, 0.717) is 6.54 Å². The Balaban J connectivity index is 1.44. The zero-order chi connectivity index (χ0) is 20.9. The van der Waals surface area contributed by atoms with Gasteiger partial charge < -0.3 is 19.9 Å². The van der Waals surface area contributed by atoms with Crippen LogP contribution < -0.4 is 15.0 Å². The summed E-state index contributed by atoms with van der Waals surface area (Å²) in [6.45, 7) is 10.5. The summed E-state index contributed by atoms with van der Waals surface area (Å²) in [6, 6.07) is 16.8. The van der Waals surface area contributed by atoms with E-state index in [-0.39, 0.29) is 11.4 Å². The fraction of sp³-hybridized carbons (Fsp3) is 0.458. The normalized spacial score (nSPS) is 14.6. The molecule has 1 heterocycles. The molecule has 1 aliphatic rings. The lowest BCUT2D eigenvalue weighted by Crippen LogP contribution is -2.52. The molecule has 1 N–H and O–H groups in total. The van der Waals surface area contributed by atoms with Crippen molar-refractivity contribution in [2.24, 2.45) is 0 Å². The Morgan fingerprint density at radius 2 is 1.72 bits per heavy atom. The number of nitrogens with zero attached hydrogens (tertiary/aromatic N) is 2. The lowest BCUT2D eigenvalue weighted by Gasteiger charge is -2.36. The first-order valence-electron chi connectivity index (χ1n) is 10.4. The quantitative estimate of drug-likeness (QED) is 0.830. The number of carbonyl (C=O) groups is 1. The lowest BCUT2D eigenvalue weighted by molar-refractivity contribution is 0.194. The first-order valence-corrected chi connectivity index (χ1v) is 10.4. The van der Waals surface area contributed by atoms with Gasteiger partial charge in [-0.25, -0.2) is 4.79 Å². The number of hydrogen-bond acceptors (Lipinski definition) is 3. The molecule has 0 aromatic heterocycles. The van der Waals surface area contributed by atoms with Gasteiger partial charge >= 0.3 is 6.03 Å². The topological polar surface area (TPSA) is 44.8 Å². The van der Waals surface area contributed by atoms with Crippen LogP contribution in [0.4, 0.5) is 10.5 Å². The number of ether oxygens (including phenoxy) is 1. The van der Waals surface area contributed by atoms with Crippen LogP contribution in [0.3, 0.4) is 0 Å². The van der Waals surface area contributed by atoms with Crippen molar-refractivity contribution in [3.8, 4) is 5.75 Å². The minimum absolute atomic E-state index is 0.0237. The van der Waals surface area contributed by atoms with Crippen molar-refractivity contribution in [1.29, 1.82) is 0 Å². The average molecular weight is 396 g/mol. The molecule has 1 fully saturated rings. The Hall–Kier alpha value is -2.69. The van der Waals surface area contributed by atoms with Crippen LogP contribution in [0.25, 0.3) is 0 Å². The number of methoxy groups -OCH3 is 1. The summed E-state index contributed by atoms with van der Waals surface area (Å²) in [5.41, 5.74) is 3.90. The molecular weight excluding hydrogens is 362 g/mol. The van der Waals surface area contributed by atoms with Crippen LogP contribution in [0.15, 0.2) is 48.5 Å². The van der Waals surface area contributed by atoms with Crippen LogP contribution in [-0.4, -0.2) is 50.8 Å². The highest BCUT2D eigenvalue weighted by atomic mass is 16.5. The van der Waals surface area contributed by atoms with Crippen molar-refractivity contribution in [3.05, 3.63) is 59.7 Å². The van der Waals surface area contributed by atoms with E-state index in [4.69, 9.17) is 4.74 Å². The molecule has 2 amide bonds. The number of nitrogens with one attached hydrogen (secondary N) is 1. The average Bonchev–Trinajstić information content (AvgIpc) is 2.73. The van der Waals surface area contributed by atoms with Gasteiger partial charge in [-0.1, -0.05) is 45.0 Å². The molecule has 29 heavy (non-hydrogen) atoms. The summed E-state index contributed by atoms with van der Waals surface area (Å²) >= 11 is 0. The van der Waals surface area contributed by atoms with E-state index in [1.807, 2.05) is 23.1 Å². The Labute approximate surface area is 174 Å². The molecule has 3 rings (SSSR count). The summed E-state index contributed by atoms with van der Waals surface area (Å²) in [5.74, 6) is 0.848. The van der Waals surface area contributed by atoms with Crippen LogP contribution in [-0.2, 0) is 11.8 Å². The minimum Gasteiger partial charge on any atom is -0.497 e. The number of urea groups is 1.